The van der Waals surface area contributed by atoms with Crippen LogP contribution in [-0.4, -0.2) is 24.8 Å². The number of benzene rings is 1. The summed E-state index contributed by atoms with van der Waals surface area (Å²) in [5.74, 6) is 0.677. The molecule has 2 aromatic rings. The van der Waals surface area contributed by atoms with E-state index in [0.29, 0.717) is 41.7 Å². The molecule has 122 valence electrons. The lowest BCUT2D eigenvalue weighted by atomic mass is 10.1. The van der Waals surface area contributed by atoms with E-state index >= 15 is 0 Å². The van der Waals surface area contributed by atoms with Gasteiger partial charge < -0.3 is 27.8 Å². The summed E-state index contributed by atoms with van der Waals surface area (Å²) >= 11 is 0. The number of rotatable bonds is 6. The number of aryl methyl sites for hydroxylation is 1. The lowest BCUT2D eigenvalue weighted by Crippen LogP contribution is -2.16. The molecule has 8 N–H and O–H groups in total. The van der Waals surface area contributed by atoms with Crippen LogP contribution in [0.15, 0.2) is 23.2 Å². The van der Waals surface area contributed by atoms with Gasteiger partial charge in [0.15, 0.2) is 5.82 Å². The number of aliphatic imine (C=N–C) groups is 1. The largest absolute Gasteiger partial charge is 0.399 e. The normalized spacial score (nSPS) is 10.3. The van der Waals surface area contributed by atoms with E-state index in [1.807, 2.05) is 19.9 Å². The van der Waals surface area contributed by atoms with Gasteiger partial charge in [0.1, 0.15) is 5.69 Å². The zero-order valence-corrected chi connectivity index (χ0v) is 13.5. The minimum absolute atomic E-state index is 0.621. The summed E-state index contributed by atoms with van der Waals surface area (Å²) in [6, 6.07) is 5.39. The lowest BCUT2D eigenvalue weighted by molar-refractivity contribution is 1.05. The molecule has 0 aliphatic rings. The SMILES string of the molecule is C=Nc1c(NCCNc2ccc(N)cc2N)nc(C)c(N)c1C. The Hall–Kier alpha value is -2.96. The average Bonchev–Trinajstić information content (AvgIpc) is 2.51. The van der Waals surface area contributed by atoms with Gasteiger partial charge in [0.25, 0.3) is 0 Å². The predicted octanol–water partition coefficient (Wildman–Crippen LogP) is 2.30. The highest BCUT2D eigenvalue weighted by Crippen LogP contribution is 2.32. The van der Waals surface area contributed by atoms with Crippen LogP contribution in [0.3, 0.4) is 0 Å². The molecule has 0 radical (unpaired) electrons. The summed E-state index contributed by atoms with van der Waals surface area (Å²) in [4.78, 5) is 8.46. The van der Waals surface area contributed by atoms with Gasteiger partial charge in [0.2, 0.25) is 0 Å². The van der Waals surface area contributed by atoms with Crippen molar-refractivity contribution in [2.75, 3.05) is 40.9 Å². The number of nitrogens with zero attached hydrogens (tertiary/aromatic N) is 2. The number of nitrogen functional groups attached to an aromatic ring is 3. The highest BCUT2D eigenvalue weighted by Gasteiger charge is 2.11. The first-order valence-electron chi connectivity index (χ1n) is 7.30. The average molecular weight is 313 g/mol. The number of nitrogens with two attached hydrogens (primary N) is 3. The van der Waals surface area contributed by atoms with Crippen LogP contribution in [0.5, 0.6) is 0 Å². The van der Waals surface area contributed by atoms with Crippen LogP contribution in [0.25, 0.3) is 0 Å². The Morgan fingerprint density at radius 1 is 1.13 bits per heavy atom. The third-order valence-electron chi connectivity index (χ3n) is 3.62. The minimum atomic E-state index is 0.621. The van der Waals surface area contributed by atoms with Gasteiger partial charge >= 0.3 is 0 Å². The Morgan fingerprint density at radius 3 is 2.48 bits per heavy atom. The van der Waals surface area contributed by atoms with E-state index < -0.39 is 0 Å². The molecule has 0 saturated carbocycles. The fourth-order valence-electron chi connectivity index (χ4n) is 2.29. The highest BCUT2D eigenvalue weighted by molar-refractivity contribution is 5.75. The maximum Gasteiger partial charge on any atom is 0.152 e. The summed E-state index contributed by atoms with van der Waals surface area (Å²) in [6.45, 7) is 8.67. The second kappa shape index (κ2) is 6.87. The van der Waals surface area contributed by atoms with Gasteiger partial charge in [-0.1, -0.05) is 0 Å². The lowest BCUT2D eigenvalue weighted by Gasteiger charge is -2.15. The van der Waals surface area contributed by atoms with Crippen LogP contribution in [0.1, 0.15) is 11.3 Å². The Bertz CT molecular complexity index is 725. The first kappa shape index (κ1) is 16.4. The van der Waals surface area contributed by atoms with Crippen LogP contribution in [0.4, 0.5) is 34.3 Å². The monoisotopic (exact) mass is 313 g/mol. The van der Waals surface area contributed by atoms with Crippen molar-refractivity contribution in [3.8, 4) is 0 Å². The van der Waals surface area contributed by atoms with Gasteiger partial charge in [0.05, 0.1) is 22.8 Å². The molecular formula is C16H23N7. The summed E-state index contributed by atoms with van der Waals surface area (Å²) < 4.78 is 0. The standard InChI is InChI=1S/C16H23N7/c1-9-14(19)10(2)23-16(15(9)20-3)22-7-6-21-13-5-4-11(17)8-12(13)18/h4-5,8,21H,3,6-7,17-19H2,1-2H3,(H,22,23). The molecule has 0 spiro atoms. The van der Waals surface area contributed by atoms with E-state index in [1.54, 1.807) is 12.1 Å². The smallest absolute Gasteiger partial charge is 0.152 e. The van der Waals surface area contributed by atoms with Crippen LogP contribution >= 0.6 is 0 Å². The molecule has 1 aromatic carbocycles. The maximum absolute atomic E-state index is 5.97. The van der Waals surface area contributed by atoms with E-state index in [9.17, 15) is 0 Å². The van der Waals surface area contributed by atoms with Crippen molar-refractivity contribution < 1.29 is 0 Å². The van der Waals surface area contributed by atoms with Gasteiger partial charge in [-0.3, -0.25) is 4.99 Å². The molecule has 0 aliphatic carbocycles. The molecular weight excluding hydrogens is 290 g/mol. The molecule has 7 heteroatoms. The summed E-state index contributed by atoms with van der Waals surface area (Å²) in [7, 11) is 0. The van der Waals surface area contributed by atoms with Crippen molar-refractivity contribution >= 4 is 41.0 Å². The Balaban J connectivity index is 2.00. The first-order chi connectivity index (χ1) is 10.9. The van der Waals surface area contributed by atoms with Crippen molar-refractivity contribution in [2.24, 2.45) is 4.99 Å². The van der Waals surface area contributed by atoms with Crippen molar-refractivity contribution in [1.82, 2.24) is 4.98 Å². The predicted molar refractivity (Wildman–Crippen MR) is 99.6 cm³/mol. The van der Waals surface area contributed by atoms with Crippen molar-refractivity contribution in [2.45, 2.75) is 13.8 Å². The molecule has 2 rings (SSSR count). The Kier molecular flexibility index (Phi) is 4.90. The molecule has 1 aromatic heterocycles. The van der Waals surface area contributed by atoms with Crippen molar-refractivity contribution in [3.05, 3.63) is 29.5 Å². The maximum atomic E-state index is 5.97. The molecule has 0 unspecified atom stereocenters. The quantitative estimate of drug-likeness (QED) is 0.316. The second-order valence-corrected chi connectivity index (χ2v) is 5.29. The molecule has 0 atom stereocenters. The first-order valence-corrected chi connectivity index (χ1v) is 7.30. The van der Waals surface area contributed by atoms with E-state index in [2.05, 4.69) is 27.3 Å². The Labute approximate surface area is 136 Å². The van der Waals surface area contributed by atoms with Crippen LogP contribution in [0.2, 0.25) is 0 Å². The van der Waals surface area contributed by atoms with E-state index in [0.717, 1.165) is 16.9 Å². The molecule has 0 fully saturated rings. The molecule has 0 saturated heterocycles. The number of hydrogen-bond acceptors (Lipinski definition) is 7. The highest BCUT2D eigenvalue weighted by atomic mass is 15.0. The third kappa shape index (κ3) is 3.63. The zero-order chi connectivity index (χ0) is 17.0. The number of pyridine rings is 1. The summed E-state index contributed by atoms with van der Waals surface area (Å²) in [5.41, 5.74) is 22.6. The third-order valence-corrected chi connectivity index (χ3v) is 3.62. The van der Waals surface area contributed by atoms with Crippen molar-refractivity contribution in [3.63, 3.8) is 0 Å². The number of anilines is 5. The van der Waals surface area contributed by atoms with Gasteiger partial charge in [-0.2, -0.15) is 0 Å². The number of aromatic nitrogens is 1. The van der Waals surface area contributed by atoms with E-state index in [4.69, 9.17) is 17.2 Å². The molecule has 0 aliphatic heterocycles. The van der Waals surface area contributed by atoms with Crippen LogP contribution in [0, 0.1) is 13.8 Å². The zero-order valence-electron chi connectivity index (χ0n) is 13.5. The topological polar surface area (TPSA) is 127 Å². The minimum Gasteiger partial charge on any atom is -0.399 e. The van der Waals surface area contributed by atoms with Crippen LogP contribution in [-0.2, 0) is 0 Å². The van der Waals surface area contributed by atoms with Gasteiger partial charge in [-0.15, -0.1) is 0 Å². The number of nitrogens with one attached hydrogen (secondary N) is 2. The molecule has 0 bridgehead atoms. The fraction of sp³-hybridized carbons (Fsp3) is 0.250. The molecule has 23 heavy (non-hydrogen) atoms. The summed E-state index contributed by atoms with van der Waals surface area (Å²) in [5, 5.41) is 6.49. The second-order valence-electron chi connectivity index (χ2n) is 5.29. The summed E-state index contributed by atoms with van der Waals surface area (Å²) in [6.07, 6.45) is 0. The van der Waals surface area contributed by atoms with Gasteiger partial charge in [0, 0.05) is 24.3 Å². The Morgan fingerprint density at radius 2 is 1.83 bits per heavy atom. The van der Waals surface area contributed by atoms with Crippen molar-refractivity contribution in [1.29, 1.82) is 0 Å². The molecule has 1 heterocycles. The molecule has 7 nitrogen and oxygen atoms in total. The van der Waals surface area contributed by atoms with Crippen LogP contribution < -0.4 is 27.8 Å². The fourth-order valence-corrected chi connectivity index (χ4v) is 2.29. The van der Waals surface area contributed by atoms with Gasteiger partial charge in [-0.25, -0.2) is 4.98 Å². The van der Waals surface area contributed by atoms with E-state index in [-0.39, 0.29) is 0 Å². The van der Waals surface area contributed by atoms with Gasteiger partial charge in [-0.05, 0) is 38.8 Å². The number of hydrogen-bond donors (Lipinski definition) is 5. The molecule has 0 amide bonds. The van der Waals surface area contributed by atoms with E-state index in [1.165, 1.54) is 0 Å².